The number of fused-ring (bicyclic) bond motifs is 1. The van der Waals surface area contributed by atoms with Crippen molar-refractivity contribution >= 4 is 44.7 Å². The second-order valence-electron chi connectivity index (χ2n) is 6.68. The molecule has 0 aliphatic heterocycles. The van der Waals surface area contributed by atoms with Crippen molar-refractivity contribution in [1.29, 1.82) is 0 Å². The molecule has 7 nitrogen and oxygen atoms in total. The van der Waals surface area contributed by atoms with Gasteiger partial charge in [-0.25, -0.2) is 4.98 Å². The van der Waals surface area contributed by atoms with Crippen LogP contribution in [0.15, 0.2) is 71.1 Å². The maximum atomic E-state index is 13.0. The Morgan fingerprint density at radius 1 is 1.00 bits per heavy atom. The summed E-state index contributed by atoms with van der Waals surface area (Å²) >= 11 is 1.40. The highest BCUT2D eigenvalue weighted by Crippen LogP contribution is 2.30. The molecular weight excluding hydrogens is 400 g/mol. The number of amides is 2. The lowest BCUT2D eigenvalue weighted by atomic mass is 10.1. The molecule has 150 valence electrons. The van der Waals surface area contributed by atoms with Crippen LogP contribution in [0.1, 0.15) is 6.92 Å². The predicted octanol–water partition coefficient (Wildman–Crippen LogP) is 3.72. The highest BCUT2D eigenvalue weighted by molar-refractivity contribution is 7.17. The Morgan fingerprint density at radius 2 is 1.67 bits per heavy atom. The SMILES string of the molecule is CC(=O)Nc1ccc(NC(=O)Cn2cnc3scc(-c4ccccc4)c3c2=O)cc1. The van der Waals surface area contributed by atoms with Gasteiger partial charge in [0.1, 0.15) is 11.4 Å². The summed E-state index contributed by atoms with van der Waals surface area (Å²) in [5, 5.41) is 7.84. The van der Waals surface area contributed by atoms with Crippen LogP contribution in [0.25, 0.3) is 21.3 Å². The van der Waals surface area contributed by atoms with Crippen molar-refractivity contribution in [3.05, 3.63) is 76.7 Å². The van der Waals surface area contributed by atoms with E-state index >= 15 is 0 Å². The van der Waals surface area contributed by atoms with Gasteiger partial charge in [-0.1, -0.05) is 30.3 Å². The molecule has 0 saturated carbocycles. The van der Waals surface area contributed by atoms with Gasteiger partial charge < -0.3 is 10.6 Å². The molecule has 8 heteroatoms. The standard InChI is InChI=1S/C22H18N4O3S/c1-14(27)24-16-7-9-17(10-8-16)25-19(28)11-26-13-23-21-20(22(26)29)18(12-30-21)15-5-3-2-4-6-15/h2-10,12-13H,11H2,1H3,(H,24,27)(H,25,28). The van der Waals surface area contributed by atoms with Gasteiger partial charge in [-0.3, -0.25) is 19.0 Å². The summed E-state index contributed by atoms with van der Waals surface area (Å²) in [6, 6.07) is 16.4. The molecule has 0 aliphatic rings. The molecule has 2 N–H and O–H groups in total. The van der Waals surface area contributed by atoms with E-state index in [9.17, 15) is 14.4 Å². The van der Waals surface area contributed by atoms with Gasteiger partial charge in [0.25, 0.3) is 5.56 Å². The van der Waals surface area contributed by atoms with E-state index in [0.717, 1.165) is 11.1 Å². The lowest BCUT2D eigenvalue weighted by Gasteiger charge is -2.09. The lowest BCUT2D eigenvalue weighted by molar-refractivity contribution is -0.117. The second kappa shape index (κ2) is 8.30. The maximum absolute atomic E-state index is 13.0. The third kappa shape index (κ3) is 4.13. The molecule has 0 aliphatic carbocycles. The van der Waals surface area contributed by atoms with E-state index < -0.39 is 0 Å². The first-order valence-electron chi connectivity index (χ1n) is 9.21. The number of hydrogen-bond donors (Lipinski definition) is 2. The normalized spacial score (nSPS) is 10.7. The number of rotatable bonds is 5. The number of carbonyl (C=O) groups excluding carboxylic acids is 2. The first kappa shape index (κ1) is 19.5. The smallest absolute Gasteiger partial charge is 0.263 e. The van der Waals surface area contributed by atoms with E-state index in [2.05, 4.69) is 15.6 Å². The Kier molecular flexibility index (Phi) is 5.40. The third-order valence-electron chi connectivity index (χ3n) is 4.45. The lowest BCUT2D eigenvalue weighted by Crippen LogP contribution is -2.27. The molecule has 2 heterocycles. The molecule has 0 bridgehead atoms. The zero-order valence-corrected chi connectivity index (χ0v) is 16.9. The van der Waals surface area contributed by atoms with Crippen LogP contribution in [-0.4, -0.2) is 21.4 Å². The van der Waals surface area contributed by atoms with Gasteiger partial charge in [-0.05, 0) is 29.8 Å². The van der Waals surface area contributed by atoms with Gasteiger partial charge in [0, 0.05) is 29.2 Å². The number of thiophene rings is 1. The molecule has 30 heavy (non-hydrogen) atoms. The Morgan fingerprint density at radius 3 is 2.33 bits per heavy atom. The number of carbonyl (C=O) groups is 2. The minimum Gasteiger partial charge on any atom is -0.326 e. The first-order valence-corrected chi connectivity index (χ1v) is 10.1. The van der Waals surface area contributed by atoms with Gasteiger partial charge >= 0.3 is 0 Å². The Bertz CT molecular complexity index is 1280. The molecule has 0 atom stereocenters. The summed E-state index contributed by atoms with van der Waals surface area (Å²) in [7, 11) is 0. The van der Waals surface area contributed by atoms with Gasteiger partial charge in [0.05, 0.1) is 11.7 Å². The average Bonchev–Trinajstić information content (AvgIpc) is 3.17. The van der Waals surface area contributed by atoms with Crippen LogP contribution in [0.2, 0.25) is 0 Å². The number of aromatic nitrogens is 2. The molecule has 0 unspecified atom stereocenters. The molecular formula is C22H18N4O3S. The topological polar surface area (TPSA) is 93.1 Å². The summed E-state index contributed by atoms with van der Waals surface area (Å²) in [4.78, 5) is 41.6. The van der Waals surface area contributed by atoms with Gasteiger partial charge in [-0.2, -0.15) is 0 Å². The van der Waals surface area contributed by atoms with Crippen molar-refractivity contribution in [2.24, 2.45) is 0 Å². The van der Waals surface area contributed by atoms with E-state index in [-0.39, 0.29) is 23.9 Å². The Hall–Kier alpha value is -3.78. The minimum absolute atomic E-state index is 0.153. The summed E-state index contributed by atoms with van der Waals surface area (Å²) in [6.07, 6.45) is 1.40. The van der Waals surface area contributed by atoms with Crippen molar-refractivity contribution in [3.8, 4) is 11.1 Å². The fourth-order valence-corrected chi connectivity index (χ4v) is 4.01. The van der Waals surface area contributed by atoms with E-state index in [1.807, 2.05) is 35.7 Å². The molecule has 0 fully saturated rings. The molecule has 2 aromatic heterocycles. The van der Waals surface area contributed by atoms with E-state index in [1.54, 1.807) is 24.3 Å². The summed E-state index contributed by atoms with van der Waals surface area (Å²) < 4.78 is 1.31. The zero-order chi connectivity index (χ0) is 21.1. The quantitative estimate of drug-likeness (QED) is 0.517. The van der Waals surface area contributed by atoms with Crippen LogP contribution in [0.4, 0.5) is 11.4 Å². The van der Waals surface area contributed by atoms with E-state index in [1.165, 1.54) is 29.2 Å². The van der Waals surface area contributed by atoms with E-state index in [0.29, 0.717) is 21.6 Å². The fraction of sp³-hybridized carbons (Fsp3) is 0.0909. The van der Waals surface area contributed by atoms with Crippen LogP contribution in [0.3, 0.4) is 0 Å². The second-order valence-corrected chi connectivity index (χ2v) is 7.54. The maximum Gasteiger partial charge on any atom is 0.263 e. The molecule has 0 saturated heterocycles. The van der Waals surface area contributed by atoms with Gasteiger partial charge in [0.2, 0.25) is 11.8 Å². The summed E-state index contributed by atoms with van der Waals surface area (Å²) in [6.45, 7) is 1.27. The van der Waals surface area contributed by atoms with Gasteiger partial charge in [-0.15, -0.1) is 11.3 Å². The monoisotopic (exact) mass is 418 g/mol. The van der Waals surface area contributed by atoms with Crippen LogP contribution in [0.5, 0.6) is 0 Å². The number of nitrogens with one attached hydrogen (secondary N) is 2. The number of hydrogen-bond acceptors (Lipinski definition) is 5. The van der Waals surface area contributed by atoms with Crippen molar-refractivity contribution < 1.29 is 9.59 Å². The first-order chi connectivity index (χ1) is 14.5. The summed E-state index contributed by atoms with van der Waals surface area (Å²) in [5.41, 5.74) is 2.70. The van der Waals surface area contributed by atoms with Crippen LogP contribution in [-0.2, 0) is 16.1 Å². The van der Waals surface area contributed by atoms with Crippen molar-refractivity contribution in [2.45, 2.75) is 13.5 Å². The van der Waals surface area contributed by atoms with Crippen molar-refractivity contribution in [2.75, 3.05) is 10.6 Å². The fourth-order valence-electron chi connectivity index (χ4n) is 3.11. The van der Waals surface area contributed by atoms with Crippen LogP contribution >= 0.6 is 11.3 Å². The van der Waals surface area contributed by atoms with Crippen LogP contribution < -0.4 is 16.2 Å². The third-order valence-corrected chi connectivity index (χ3v) is 5.33. The molecule has 2 aromatic carbocycles. The molecule has 0 spiro atoms. The largest absolute Gasteiger partial charge is 0.326 e. The molecule has 4 rings (SSSR count). The number of nitrogens with zero attached hydrogens (tertiary/aromatic N) is 2. The molecule has 2 amide bonds. The van der Waals surface area contributed by atoms with Crippen LogP contribution in [0, 0.1) is 0 Å². The van der Waals surface area contributed by atoms with Gasteiger partial charge in [0.15, 0.2) is 0 Å². The number of benzene rings is 2. The van der Waals surface area contributed by atoms with Crippen molar-refractivity contribution in [1.82, 2.24) is 9.55 Å². The highest BCUT2D eigenvalue weighted by Gasteiger charge is 2.14. The van der Waals surface area contributed by atoms with Crippen molar-refractivity contribution in [3.63, 3.8) is 0 Å². The Labute approximate surface area is 176 Å². The predicted molar refractivity (Wildman–Crippen MR) is 119 cm³/mol. The number of anilines is 2. The molecule has 0 radical (unpaired) electrons. The molecule has 4 aromatic rings. The Balaban J connectivity index is 1.55. The average molecular weight is 418 g/mol. The summed E-state index contributed by atoms with van der Waals surface area (Å²) in [5.74, 6) is -0.514. The zero-order valence-electron chi connectivity index (χ0n) is 16.1. The van der Waals surface area contributed by atoms with E-state index in [4.69, 9.17) is 0 Å². The highest BCUT2D eigenvalue weighted by atomic mass is 32.1. The minimum atomic E-state index is -0.345.